The summed E-state index contributed by atoms with van der Waals surface area (Å²) in [5.74, 6) is 0.280. The molecule has 0 aliphatic carbocycles. The van der Waals surface area contributed by atoms with Crippen LogP contribution in [0.3, 0.4) is 0 Å². The number of hydrogen-bond acceptors (Lipinski definition) is 6. The third-order valence-corrected chi connectivity index (χ3v) is 7.36. The van der Waals surface area contributed by atoms with Crippen LogP contribution in [0, 0.1) is 0 Å². The molecule has 1 unspecified atom stereocenters. The van der Waals surface area contributed by atoms with Crippen molar-refractivity contribution in [2.75, 3.05) is 25.4 Å². The van der Waals surface area contributed by atoms with Crippen molar-refractivity contribution in [1.82, 2.24) is 14.5 Å². The molecule has 0 saturated carbocycles. The van der Waals surface area contributed by atoms with Gasteiger partial charge in [0.05, 0.1) is 24.0 Å². The van der Waals surface area contributed by atoms with Gasteiger partial charge in [0.2, 0.25) is 5.91 Å². The molecular formula is C23H25N3O3S2. The monoisotopic (exact) mass is 455 g/mol. The molecule has 31 heavy (non-hydrogen) atoms. The molecule has 0 radical (unpaired) electrons. The number of morpholine rings is 1. The molecule has 0 spiro atoms. The Hall–Kier alpha value is -2.42. The largest absolute Gasteiger partial charge is 0.375 e. The molecule has 1 atom stereocenters. The predicted octanol–water partition coefficient (Wildman–Crippen LogP) is 4.04. The summed E-state index contributed by atoms with van der Waals surface area (Å²) in [4.78, 5) is 33.5. The van der Waals surface area contributed by atoms with Crippen molar-refractivity contribution in [3.05, 3.63) is 59.4 Å². The normalized spacial score (nSPS) is 16.5. The third-order valence-electron chi connectivity index (χ3n) is 5.24. The van der Waals surface area contributed by atoms with Crippen molar-refractivity contribution in [3.63, 3.8) is 0 Å². The van der Waals surface area contributed by atoms with E-state index < -0.39 is 0 Å². The number of rotatable bonds is 7. The van der Waals surface area contributed by atoms with Crippen molar-refractivity contribution in [1.29, 1.82) is 0 Å². The van der Waals surface area contributed by atoms with Gasteiger partial charge in [0.1, 0.15) is 4.70 Å². The number of ether oxygens (including phenoxy) is 1. The second-order valence-electron chi connectivity index (χ2n) is 7.32. The Balaban J connectivity index is 1.60. The lowest BCUT2D eigenvalue weighted by Gasteiger charge is -2.32. The molecule has 0 bridgehead atoms. The summed E-state index contributed by atoms with van der Waals surface area (Å²) in [7, 11) is 0. The molecular weight excluding hydrogens is 430 g/mol. The Kier molecular flexibility index (Phi) is 6.89. The smallest absolute Gasteiger partial charge is 0.272 e. The van der Waals surface area contributed by atoms with Crippen LogP contribution in [0.4, 0.5) is 0 Å². The van der Waals surface area contributed by atoms with Crippen molar-refractivity contribution < 1.29 is 9.53 Å². The second-order valence-corrected chi connectivity index (χ2v) is 9.31. The maximum Gasteiger partial charge on any atom is 0.272 e. The number of thiophene rings is 1. The standard InChI is InChI=1S/C23H25N3O3S2/c1-3-10-26-22(28)21-18(13-19(31-21)16-8-6-5-7-9-16)24-23(26)30-15-20(27)25-11-12-29-17(4-2)14-25/h3,5-9,13,17H,1,4,10-12,14-15H2,2H3. The first-order valence-electron chi connectivity index (χ1n) is 10.3. The van der Waals surface area contributed by atoms with Gasteiger partial charge in [0, 0.05) is 24.5 Å². The van der Waals surface area contributed by atoms with Crippen LogP contribution >= 0.6 is 23.1 Å². The predicted molar refractivity (Wildman–Crippen MR) is 127 cm³/mol. The lowest BCUT2D eigenvalue weighted by atomic mass is 10.2. The minimum absolute atomic E-state index is 0.0431. The number of hydrogen-bond donors (Lipinski definition) is 0. The third kappa shape index (κ3) is 4.76. The molecule has 1 saturated heterocycles. The van der Waals surface area contributed by atoms with E-state index >= 15 is 0 Å². The molecule has 1 aliphatic rings. The minimum Gasteiger partial charge on any atom is -0.375 e. The summed E-state index contributed by atoms with van der Waals surface area (Å²) >= 11 is 2.76. The van der Waals surface area contributed by atoms with Gasteiger partial charge in [-0.3, -0.25) is 14.2 Å². The summed E-state index contributed by atoms with van der Waals surface area (Å²) in [6.45, 7) is 7.98. The van der Waals surface area contributed by atoms with Crippen molar-refractivity contribution >= 4 is 39.2 Å². The number of carbonyl (C=O) groups is 1. The van der Waals surface area contributed by atoms with Gasteiger partial charge in [-0.15, -0.1) is 17.9 Å². The van der Waals surface area contributed by atoms with Crippen molar-refractivity contribution in [3.8, 4) is 10.4 Å². The molecule has 1 aromatic carbocycles. The van der Waals surface area contributed by atoms with Crippen LogP contribution < -0.4 is 5.56 Å². The van der Waals surface area contributed by atoms with Gasteiger partial charge in [-0.2, -0.15) is 0 Å². The first kappa shape index (κ1) is 21.8. The van der Waals surface area contributed by atoms with Gasteiger partial charge >= 0.3 is 0 Å². The van der Waals surface area contributed by atoms with E-state index in [1.165, 1.54) is 23.1 Å². The van der Waals surface area contributed by atoms with Gasteiger partial charge in [-0.1, -0.05) is 55.1 Å². The highest BCUT2D eigenvalue weighted by atomic mass is 32.2. The highest BCUT2D eigenvalue weighted by Gasteiger charge is 2.24. The van der Waals surface area contributed by atoms with Crippen LogP contribution in [0.1, 0.15) is 13.3 Å². The molecule has 0 N–H and O–H groups in total. The second kappa shape index (κ2) is 9.80. The topological polar surface area (TPSA) is 64.4 Å². The zero-order valence-electron chi connectivity index (χ0n) is 17.5. The van der Waals surface area contributed by atoms with Gasteiger partial charge < -0.3 is 9.64 Å². The van der Waals surface area contributed by atoms with Gasteiger partial charge in [0.25, 0.3) is 5.56 Å². The van der Waals surface area contributed by atoms with E-state index in [9.17, 15) is 9.59 Å². The van der Waals surface area contributed by atoms with E-state index in [2.05, 4.69) is 13.5 Å². The zero-order valence-corrected chi connectivity index (χ0v) is 19.1. The van der Waals surface area contributed by atoms with Gasteiger partial charge in [0.15, 0.2) is 5.16 Å². The number of thioether (sulfide) groups is 1. The maximum atomic E-state index is 13.2. The van der Waals surface area contributed by atoms with Crippen molar-refractivity contribution in [2.24, 2.45) is 0 Å². The maximum absolute atomic E-state index is 13.2. The van der Waals surface area contributed by atoms with Crippen LogP contribution in [-0.2, 0) is 16.1 Å². The molecule has 3 heterocycles. The molecule has 1 amide bonds. The van der Waals surface area contributed by atoms with Crippen LogP contribution in [0.5, 0.6) is 0 Å². The molecule has 6 nitrogen and oxygen atoms in total. The number of aromatic nitrogens is 2. The first-order chi connectivity index (χ1) is 15.1. The van der Waals surface area contributed by atoms with Crippen LogP contribution in [-0.4, -0.2) is 51.9 Å². The van der Waals surface area contributed by atoms with E-state index in [1.807, 2.05) is 41.3 Å². The SMILES string of the molecule is C=CCn1c(SCC(=O)N2CCOC(CC)C2)nc2cc(-c3ccccc3)sc2c1=O. The Bertz CT molecular complexity index is 1140. The van der Waals surface area contributed by atoms with Crippen LogP contribution in [0.25, 0.3) is 20.7 Å². The lowest BCUT2D eigenvalue weighted by Crippen LogP contribution is -2.46. The average Bonchev–Trinajstić information content (AvgIpc) is 3.25. The van der Waals surface area contributed by atoms with E-state index in [0.717, 1.165) is 16.9 Å². The fraction of sp³-hybridized carbons (Fsp3) is 0.348. The number of amides is 1. The fourth-order valence-electron chi connectivity index (χ4n) is 3.55. The molecule has 4 rings (SSSR count). The average molecular weight is 456 g/mol. The van der Waals surface area contributed by atoms with E-state index in [1.54, 1.807) is 10.6 Å². The lowest BCUT2D eigenvalue weighted by molar-refractivity contribution is -0.135. The molecule has 8 heteroatoms. The summed E-state index contributed by atoms with van der Waals surface area (Å²) in [5, 5.41) is 0.545. The Morgan fingerprint density at radius 3 is 2.94 bits per heavy atom. The highest BCUT2D eigenvalue weighted by molar-refractivity contribution is 7.99. The number of fused-ring (bicyclic) bond motifs is 1. The fourth-order valence-corrected chi connectivity index (χ4v) is 5.51. The molecule has 2 aromatic heterocycles. The molecule has 162 valence electrons. The van der Waals surface area contributed by atoms with Gasteiger partial charge in [-0.25, -0.2) is 4.98 Å². The summed E-state index contributed by atoms with van der Waals surface area (Å²) in [6.07, 6.45) is 2.66. The number of benzene rings is 1. The molecule has 1 fully saturated rings. The Morgan fingerprint density at radius 1 is 1.39 bits per heavy atom. The van der Waals surface area contributed by atoms with Crippen LogP contribution in [0.15, 0.2) is 59.0 Å². The Labute approximate surface area is 189 Å². The number of allylic oxidation sites excluding steroid dienone is 1. The van der Waals surface area contributed by atoms with Crippen molar-refractivity contribution in [2.45, 2.75) is 31.1 Å². The highest BCUT2D eigenvalue weighted by Crippen LogP contribution is 2.32. The summed E-state index contributed by atoms with van der Waals surface area (Å²) in [6, 6.07) is 11.9. The minimum atomic E-state index is -0.0931. The summed E-state index contributed by atoms with van der Waals surface area (Å²) < 4.78 is 7.88. The van der Waals surface area contributed by atoms with Gasteiger partial charge in [-0.05, 0) is 18.1 Å². The summed E-state index contributed by atoms with van der Waals surface area (Å²) in [5.41, 5.74) is 1.63. The quantitative estimate of drug-likeness (QED) is 0.306. The van der Waals surface area contributed by atoms with Crippen LogP contribution in [0.2, 0.25) is 0 Å². The zero-order chi connectivity index (χ0) is 21.8. The number of nitrogens with zero attached hydrogens (tertiary/aromatic N) is 3. The molecule has 1 aliphatic heterocycles. The Morgan fingerprint density at radius 2 is 2.19 bits per heavy atom. The van der Waals surface area contributed by atoms with E-state index in [0.29, 0.717) is 41.6 Å². The molecule has 3 aromatic rings. The van der Waals surface area contributed by atoms with E-state index in [4.69, 9.17) is 9.72 Å². The number of carbonyl (C=O) groups excluding carboxylic acids is 1. The first-order valence-corrected chi connectivity index (χ1v) is 12.1. The van der Waals surface area contributed by atoms with E-state index in [-0.39, 0.29) is 23.3 Å².